The van der Waals surface area contributed by atoms with Gasteiger partial charge < -0.3 is 14.7 Å². The number of ether oxygens (including phenoxy) is 1. The first-order valence-corrected chi connectivity index (χ1v) is 11.4. The Morgan fingerprint density at radius 1 is 1.00 bits per heavy atom. The molecule has 0 aliphatic carbocycles. The molecule has 32 heavy (non-hydrogen) atoms. The minimum atomic E-state index is -0.833. The van der Waals surface area contributed by atoms with E-state index in [9.17, 15) is 9.50 Å². The molecule has 1 N–H and O–H groups in total. The molecule has 2 heterocycles. The molecular weight excluding hydrogens is 427 g/mol. The van der Waals surface area contributed by atoms with Crippen molar-refractivity contribution in [2.75, 3.05) is 31.1 Å². The first-order valence-electron chi connectivity index (χ1n) is 11.0. The van der Waals surface area contributed by atoms with Crippen molar-refractivity contribution in [3.05, 3.63) is 89.2 Å². The van der Waals surface area contributed by atoms with Crippen molar-refractivity contribution in [1.29, 1.82) is 0 Å². The van der Waals surface area contributed by atoms with Gasteiger partial charge in [0.2, 0.25) is 0 Å². The molecule has 0 amide bonds. The number of halogens is 2. The Balaban J connectivity index is 1.29. The van der Waals surface area contributed by atoms with Gasteiger partial charge in [0.15, 0.2) is 0 Å². The van der Waals surface area contributed by atoms with Gasteiger partial charge in [0.05, 0.1) is 17.8 Å². The zero-order valence-electron chi connectivity index (χ0n) is 17.8. The second kappa shape index (κ2) is 8.74. The molecule has 2 aliphatic rings. The van der Waals surface area contributed by atoms with Crippen LogP contribution >= 0.6 is 11.6 Å². The number of piperidine rings is 1. The van der Waals surface area contributed by atoms with Crippen LogP contribution in [0.2, 0.25) is 5.02 Å². The SMILES string of the molecule is OC1(c2ccc(Cl)cc2)CCN(CC2CN(c3ccccc3)c3ccc(F)cc3O2)CC1. The highest BCUT2D eigenvalue weighted by Crippen LogP contribution is 2.39. The normalized spacial score (nSPS) is 20.5. The fraction of sp³-hybridized carbons (Fsp3) is 0.308. The Kier molecular flexibility index (Phi) is 5.80. The summed E-state index contributed by atoms with van der Waals surface area (Å²) in [5.41, 5.74) is 2.02. The molecule has 3 aromatic rings. The van der Waals surface area contributed by atoms with Gasteiger partial charge in [0.25, 0.3) is 0 Å². The Morgan fingerprint density at radius 3 is 2.44 bits per heavy atom. The molecule has 0 radical (unpaired) electrons. The maximum Gasteiger partial charge on any atom is 0.146 e. The predicted octanol–water partition coefficient (Wildman–Crippen LogP) is 5.36. The van der Waals surface area contributed by atoms with E-state index >= 15 is 0 Å². The van der Waals surface area contributed by atoms with Crippen molar-refractivity contribution in [3.63, 3.8) is 0 Å². The maximum absolute atomic E-state index is 13.9. The lowest BCUT2D eigenvalue weighted by atomic mass is 9.84. The molecule has 1 fully saturated rings. The smallest absolute Gasteiger partial charge is 0.146 e. The number of fused-ring (bicyclic) bond motifs is 1. The highest BCUT2D eigenvalue weighted by atomic mass is 35.5. The van der Waals surface area contributed by atoms with Crippen molar-refractivity contribution >= 4 is 23.0 Å². The summed E-state index contributed by atoms with van der Waals surface area (Å²) < 4.78 is 20.2. The molecule has 2 aliphatic heterocycles. The number of benzene rings is 3. The molecule has 1 saturated heterocycles. The van der Waals surface area contributed by atoms with Crippen LogP contribution in [0.5, 0.6) is 5.75 Å². The van der Waals surface area contributed by atoms with Crippen molar-refractivity contribution in [2.45, 2.75) is 24.5 Å². The van der Waals surface area contributed by atoms with E-state index in [0.717, 1.165) is 36.6 Å². The molecule has 1 unspecified atom stereocenters. The van der Waals surface area contributed by atoms with Gasteiger partial charge in [0, 0.05) is 36.4 Å². The van der Waals surface area contributed by atoms with Crippen LogP contribution in [-0.4, -0.2) is 42.3 Å². The lowest BCUT2D eigenvalue weighted by molar-refractivity contribution is -0.0324. The minimum absolute atomic E-state index is 0.105. The third-order valence-corrected chi connectivity index (χ3v) is 6.74. The molecule has 4 nitrogen and oxygen atoms in total. The zero-order chi connectivity index (χ0) is 22.1. The molecule has 0 saturated carbocycles. The summed E-state index contributed by atoms with van der Waals surface area (Å²) in [6.07, 6.45) is 1.19. The molecular formula is C26H26ClFN2O2. The molecule has 0 aromatic heterocycles. The molecule has 166 valence electrons. The highest BCUT2D eigenvalue weighted by Gasteiger charge is 2.36. The second-order valence-electron chi connectivity index (χ2n) is 8.64. The highest BCUT2D eigenvalue weighted by molar-refractivity contribution is 6.30. The Morgan fingerprint density at radius 2 is 1.72 bits per heavy atom. The van der Waals surface area contributed by atoms with Crippen molar-refractivity contribution < 1.29 is 14.2 Å². The zero-order valence-corrected chi connectivity index (χ0v) is 18.5. The van der Waals surface area contributed by atoms with E-state index in [1.165, 1.54) is 12.1 Å². The van der Waals surface area contributed by atoms with Gasteiger partial charge in [-0.25, -0.2) is 4.39 Å². The van der Waals surface area contributed by atoms with Gasteiger partial charge in [-0.15, -0.1) is 0 Å². The van der Waals surface area contributed by atoms with Gasteiger partial charge in [-0.2, -0.15) is 0 Å². The third-order valence-electron chi connectivity index (χ3n) is 6.49. The van der Waals surface area contributed by atoms with Gasteiger partial charge >= 0.3 is 0 Å². The maximum atomic E-state index is 13.9. The average Bonchev–Trinajstić information content (AvgIpc) is 2.81. The van der Waals surface area contributed by atoms with Gasteiger partial charge in [-0.05, 0) is 54.8 Å². The summed E-state index contributed by atoms with van der Waals surface area (Å²) in [7, 11) is 0. The van der Waals surface area contributed by atoms with Crippen LogP contribution in [0.25, 0.3) is 0 Å². The van der Waals surface area contributed by atoms with E-state index in [2.05, 4.69) is 21.9 Å². The topological polar surface area (TPSA) is 35.9 Å². The van der Waals surface area contributed by atoms with Crippen LogP contribution in [0.4, 0.5) is 15.8 Å². The second-order valence-corrected chi connectivity index (χ2v) is 9.07. The lowest BCUT2D eigenvalue weighted by Crippen LogP contribution is -2.49. The molecule has 5 rings (SSSR count). The quantitative estimate of drug-likeness (QED) is 0.578. The Bertz CT molecular complexity index is 1070. The summed E-state index contributed by atoms with van der Waals surface area (Å²) in [6.45, 7) is 2.93. The van der Waals surface area contributed by atoms with E-state index in [1.807, 2.05) is 42.5 Å². The van der Waals surface area contributed by atoms with Crippen LogP contribution in [0, 0.1) is 5.82 Å². The number of hydrogen-bond donors (Lipinski definition) is 1. The first kappa shape index (κ1) is 21.3. The number of rotatable bonds is 4. The summed E-state index contributed by atoms with van der Waals surface area (Å²) in [5.74, 6) is 0.267. The predicted molar refractivity (Wildman–Crippen MR) is 125 cm³/mol. The number of para-hydroxylation sites is 1. The molecule has 1 atom stereocenters. The van der Waals surface area contributed by atoms with E-state index in [-0.39, 0.29) is 11.9 Å². The fourth-order valence-electron chi connectivity index (χ4n) is 4.71. The van der Waals surface area contributed by atoms with Gasteiger partial charge in [-0.3, -0.25) is 4.90 Å². The van der Waals surface area contributed by atoms with E-state index in [1.54, 1.807) is 6.07 Å². The number of likely N-dealkylation sites (tertiary alicyclic amines) is 1. The van der Waals surface area contributed by atoms with Crippen molar-refractivity contribution in [1.82, 2.24) is 4.90 Å². The molecule has 3 aromatic carbocycles. The number of anilines is 2. The third kappa shape index (κ3) is 4.33. The van der Waals surface area contributed by atoms with Crippen LogP contribution in [0.3, 0.4) is 0 Å². The summed E-state index contributed by atoms with van der Waals surface area (Å²) in [6, 6.07) is 22.3. The molecule has 0 spiro atoms. The standard InChI is InChI=1S/C26H26ClFN2O2/c27-20-8-6-19(7-9-20)26(31)12-14-29(15-13-26)17-23-18-30(22-4-2-1-3-5-22)24-11-10-21(28)16-25(24)32-23/h1-11,16,23,31H,12-15,17-18H2. The van der Waals surface area contributed by atoms with Crippen LogP contribution in [-0.2, 0) is 5.60 Å². The van der Waals surface area contributed by atoms with Gasteiger partial charge in [-0.1, -0.05) is 41.9 Å². The molecule has 6 heteroatoms. The first-order chi connectivity index (χ1) is 15.5. The summed E-state index contributed by atoms with van der Waals surface area (Å²) in [4.78, 5) is 4.51. The Labute approximate surface area is 192 Å². The summed E-state index contributed by atoms with van der Waals surface area (Å²) >= 11 is 6.00. The van der Waals surface area contributed by atoms with Crippen LogP contribution in [0.1, 0.15) is 18.4 Å². The monoisotopic (exact) mass is 452 g/mol. The van der Waals surface area contributed by atoms with Crippen molar-refractivity contribution in [2.24, 2.45) is 0 Å². The molecule has 0 bridgehead atoms. The average molecular weight is 453 g/mol. The lowest BCUT2D eigenvalue weighted by Gasteiger charge is -2.42. The van der Waals surface area contributed by atoms with Crippen LogP contribution in [0.15, 0.2) is 72.8 Å². The number of aliphatic hydroxyl groups is 1. The fourth-order valence-corrected chi connectivity index (χ4v) is 4.84. The Hall–Kier alpha value is -2.60. The largest absolute Gasteiger partial charge is 0.485 e. The summed E-state index contributed by atoms with van der Waals surface area (Å²) in [5, 5.41) is 11.8. The van der Waals surface area contributed by atoms with E-state index in [4.69, 9.17) is 16.3 Å². The number of nitrogens with zero attached hydrogens (tertiary/aromatic N) is 2. The van der Waals surface area contributed by atoms with Crippen LogP contribution < -0.4 is 9.64 Å². The van der Waals surface area contributed by atoms with E-state index < -0.39 is 5.60 Å². The van der Waals surface area contributed by atoms with E-state index in [0.29, 0.717) is 30.2 Å². The minimum Gasteiger partial charge on any atom is -0.485 e. The van der Waals surface area contributed by atoms with Crippen molar-refractivity contribution in [3.8, 4) is 5.75 Å². The van der Waals surface area contributed by atoms with Gasteiger partial charge in [0.1, 0.15) is 17.7 Å². The number of hydrogen-bond acceptors (Lipinski definition) is 4.